The van der Waals surface area contributed by atoms with Crippen LogP contribution in [0.15, 0.2) is 48.5 Å². The molecule has 3 aromatic rings. The van der Waals surface area contributed by atoms with Crippen molar-refractivity contribution in [2.75, 3.05) is 5.32 Å². The summed E-state index contributed by atoms with van der Waals surface area (Å²) in [7, 11) is 0. The van der Waals surface area contributed by atoms with Crippen LogP contribution in [0.5, 0.6) is 0 Å². The van der Waals surface area contributed by atoms with Crippen LogP contribution in [0.3, 0.4) is 0 Å². The summed E-state index contributed by atoms with van der Waals surface area (Å²) in [5.74, 6) is -0.0885. The number of aromatic nitrogens is 2. The summed E-state index contributed by atoms with van der Waals surface area (Å²) in [6.07, 6.45) is 0.918. The third kappa shape index (κ3) is 4.47. The van der Waals surface area contributed by atoms with Crippen LogP contribution in [-0.4, -0.2) is 27.4 Å². The van der Waals surface area contributed by atoms with Crippen LogP contribution in [0.2, 0.25) is 0 Å². The van der Waals surface area contributed by atoms with Crippen LogP contribution in [0.1, 0.15) is 43.1 Å². The lowest BCUT2D eigenvalue weighted by molar-refractivity contribution is -0.119. The summed E-state index contributed by atoms with van der Waals surface area (Å²) in [5, 5.41) is 5.83. The third-order valence-corrected chi connectivity index (χ3v) is 4.96. The molecule has 2 aromatic carbocycles. The molecule has 1 atom stereocenters. The molecular formula is C23H28N4O2. The number of hydrogen-bond acceptors (Lipinski definition) is 3. The van der Waals surface area contributed by atoms with Gasteiger partial charge in [0.1, 0.15) is 6.04 Å². The van der Waals surface area contributed by atoms with E-state index >= 15 is 0 Å². The summed E-state index contributed by atoms with van der Waals surface area (Å²) in [6, 6.07) is 14.5. The molecule has 0 spiro atoms. The number of nitrogens with zero attached hydrogens (tertiary/aromatic N) is 2. The lowest BCUT2D eigenvalue weighted by atomic mass is 10.0. The SMILES string of the molecule is CCCn1c(NC(=O)C(NC(=O)c2ccccc2C)C(C)C)nc2ccccc21. The Hall–Kier alpha value is -3.15. The average molecular weight is 393 g/mol. The predicted molar refractivity (Wildman–Crippen MR) is 116 cm³/mol. The first kappa shape index (κ1) is 20.6. The zero-order chi connectivity index (χ0) is 21.0. The van der Waals surface area contributed by atoms with Gasteiger partial charge in [0.05, 0.1) is 11.0 Å². The molecule has 152 valence electrons. The summed E-state index contributed by atoms with van der Waals surface area (Å²) in [5.41, 5.74) is 3.26. The summed E-state index contributed by atoms with van der Waals surface area (Å²) >= 11 is 0. The predicted octanol–water partition coefficient (Wildman–Crippen LogP) is 4.15. The molecule has 6 nitrogen and oxygen atoms in total. The average Bonchev–Trinajstić information content (AvgIpc) is 3.03. The first-order valence-electron chi connectivity index (χ1n) is 10.0. The van der Waals surface area contributed by atoms with Gasteiger partial charge in [-0.25, -0.2) is 4.98 Å². The molecule has 29 heavy (non-hydrogen) atoms. The zero-order valence-electron chi connectivity index (χ0n) is 17.4. The zero-order valence-corrected chi connectivity index (χ0v) is 17.4. The van der Waals surface area contributed by atoms with Gasteiger partial charge in [0.2, 0.25) is 11.9 Å². The highest BCUT2D eigenvalue weighted by atomic mass is 16.2. The van der Waals surface area contributed by atoms with Crippen molar-refractivity contribution in [3.05, 3.63) is 59.7 Å². The Bertz CT molecular complexity index is 1020. The molecule has 3 rings (SSSR count). The van der Waals surface area contributed by atoms with Crippen molar-refractivity contribution < 1.29 is 9.59 Å². The Balaban J connectivity index is 1.83. The van der Waals surface area contributed by atoms with E-state index in [1.165, 1.54) is 0 Å². The van der Waals surface area contributed by atoms with Crippen molar-refractivity contribution in [1.82, 2.24) is 14.9 Å². The number of amides is 2. The van der Waals surface area contributed by atoms with Gasteiger partial charge in [-0.1, -0.05) is 51.1 Å². The van der Waals surface area contributed by atoms with Gasteiger partial charge < -0.3 is 9.88 Å². The number of rotatable bonds is 7. The van der Waals surface area contributed by atoms with Crippen molar-refractivity contribution >= 4 is 28.8 Å². The van der Waals surface area contributed by atoms with Gasteiger partial charge in [-0.05, 0) is 43.0 Å². The Kier molecular flexibility index (Phi) is 6.32. The van der Waals surface area contributed by atoms with Crippen LogP contribution in [0.25, 0.3) is 11.0 Å². The number of carbonyl (C=O) groups is 2. The number of fused-ring (bicyclic) bond motifs is 1. The first-order chi connectivity index (χ1) is 13.9. The quantitative estimate of drug-likeness (QED) is 0.634. The molecular weight excluding hydrogens is 364 g/mol. The van der Waals surface area contributed by atoms with E-state index in [0.717, 1.165) is 29.6 Å². The molecule has 6 heteroatoms. The standard InChI is InChI=1S/C23H28N4O2/c1-5-14-27-19-13-9-8-12-18(19)24-23(27)26-22(29)20(15(2)3)25-21(28)17-11-7-6-10-16(17)4/h6-13,15,20H,5,14H2,1-4H3,(H,25,28)(H,24,26,29). The second-order valence-corrected chi connectivity index (χ2v) is 7.58. The maximum absolute atomic E-state index is 13.1. The van der Waals surface area contributed by atoms with Crippen molar-refractivity contribution in [2.45, 2.75) is 46.7 Å². The van der Waals surface area contributed by atoms with E-state index in [1.54, 1.807) is 6.07 Å². The number of benzene rings is 2. The minimum Gasteiger partial charge on any atom is -0.340 e. The highest BCUT2D eigenvalue weighted by Crippen LogP contribution is 2.21. The van der Waals surface area contributed by atoms with Gasteiger partial charge in [0.25, 0.3) is 5.91 Å². The normalized spacial score (nSPS) is 12.2. The monoisotopic (exact) mass is 392 g/mol. The smallest absolute Gasteiger partial charge is 0.252 e. The van der Waals surface area contributed by atoms with Crippen molar-refractivity contribution in [1.29, 1.82) is 0 Å². The molecule has 0 fully saturated rings. The molecule has 2 N–H and O–H groups in total. The van der Waals surface area contributed by atoms with Crippen LogP contribution < -0.4 is 10.6 Å². The first-order valence-corrected chi connectivity index (χ1v) is 10.0. The molecule has 1 heterocycles. The fourth-order valence-corrected chi connectivity index (χ4v) is 3.39. The van der Waals surface area contributed by atoms with E-state index in [1.807, 2.05) is 67.8 Å². The van der Waals surface area contributed by atoms with Crippen LogP contribution in [0.4, 0.5) is 5.95 Å². The van der Waals surface area contributed by atoms with Gasteiger partial charge in [-0.2, -0.15) is 0 Å². The minimum absolute atomic E-state index is 0.0769. The molecule has 1 unspecified atom stereocenters. The molecule has 0 saturated carbocycles. The Labute approximate surface area is 171 Å². The Morgan fingerprint density at radius 3 is 2.45 bits per heavy atom. The topological polar surface area (TPSA) is 76.0 Å². The molecule has 0 saturated heterocycles. The van der Waals surface area contributed by atoms with Gasteiger partial charge >= 0.3 is 0 Å². The van der Waals surface area contributed by atoms with Gasteiger partial charge in [-0.15, -0.1) is 0 Å². The van der Waals surface area contributed by atoms with Gasteiger partial charge in [-0.3, -0.25) is 14.9 Å². The Morgan fingerprint density at radius 1 is 1.07 bits per heavy atom. The largest absolute Gasteiger partial charge is 0.340 e. The van der Waals surface area contributed by atoms with E-state index < -0.39 is 6.04 Å². The van der Waals surface area contributed by atoms with E-state index in [-0.39, 0.29) is 17.7 Å². The number of nitrogens with one attached hydrogen (secondary N) is 2. The van der Waals surface area contributed by atoms with E-state index in [9.17, 15) is 9.59 Å². The molecule has 2 amide bonds. The number of para-hydroxylation sites is 2. The molecule has 0 radical (unpaired) electrons. The van der Waals surface area contributed by atoms with Crippen LogP contribution >= 0.6 is 0 Å². The lowest BCUT2D eigenvalue weighted by Crippen LogP contribution is -2.47. The number of carbonyl (C=O) groups excluding carboxylic acids is 2. The van der Waals surface area contributed by atoms with Crippen molar-refractivity contribution in [3.8, 4) is 0 Å². The Morgan fingerprint density at radius 2 is 1.76 bits per heavy atom. The van der Waals surface area contributed by atoms with E-state index in [4.69, 9.17) is 0 Å². The number of anilines is 1. The highest BCUT2D eigenvalue weighted by molar-refractivity contribution is 6.01. The fourth-order valence-electron chi connectivity index (χ4n) is 3.39. The van der Waals surface area contributed by atoms with Crippen LogP contribution in [0, 0.1) is 12.8 Å². The molecule has 0 aliphatic rings. The highest BCUT2D eigenvalue weighted by Gasteiger charge is 2.26. The third-order valence-electron chi connectivity index (χ3n) is 4.96. The van der Waals surface area contributed by atoms with Gasteiger partial charge in [0.15, 0.2) is 0 Å². The second-order valence-electron chi connectivity index (χ2n) is 7.58. The number of imidazole rings is 1. The lowest BCUT2D eigenvalue weighted by Gasteiger charge is -2.22. The van der Waals surface area contributed by atoms with Crippen LogP contribution in [-0.2, 0) is 11.3 Å². The molecule has 0 aliphatic carbocycles. The summed E-state index contributed by atoms with van der Waals surface area (Å²) < 4.78 is 2.01. The number of aryl methyl sites for hydroxylation is 2. The molecule has 0 bridgehead atoms. The van der Waals surface area contributed by atoms with Crippen molar-refractivity contribution in [2.24, 2.45) is 5.92 Å². The minimum atomic E-state index is -0.669. The summed E-state index contributed by atoms with van der Waals surface area (Å²) in [4.78, 5) is 30.4. The maximum Gasteiger partial charge on any atom is 0.252 e. The maximum atomic E-state index is 13.1. The second kappa shape index (κ2) is 8.90. The molecule has 1 aromatic heterocycles. The molecule has 0 aliphatic heterocycles. The van der Waals surface area contributed by atoms with Crippen molar-refractivity contribution in [3.63, 3.8) is 0 Å². The van der Waals surface area contributed by atoms with E-state index in [0.29, 0.717) is 11.5 Å². The van der Waals surface area contributed by atoms with E-state index in [2.05, 4.69) is 22.5 Å². The number of hydrogen-bond donors (Lipinski definition) is 2. The van der Waals surface area contributed by atoms with Gasteiger partial charge in [0, 0.05) is 12.1 Å². The summed E-state index contributed by atoms with van der Waals surface area (Å²) in [6.45, 7) is 8.54. The fraction of sp³-hybridized carbons (Fsp3) is 0.348.